The Labute approximate surface area is 205 Å². The van der Waals surface area contributed by atoms with Gasteiger partial charge in [0.05, 0.1) is 12.2 Å². The third kappa shape index (κ3) is 6.55. The number of phenols is 2. The zero-order chi connectivity index (χ0) is 24.9. The lowest BCUT2D eigenvalue weighted by Gasteiger charge is -2.46. The van der Waals surface area contributed by atoms with Gasteiger partial charge >= 0.3 is 0 Å². The molecule has 0 bridgehead atoms. The van der Waals surface area contributed by atoms with Gasteiger partial charge in [0.15, 0.2) is 0 Å². The molecule has 2 aromatic carbocycles. The van der Waals surface area contributed by atoms with Crippen LogP contribution in [0, 0.1) is 17.3 Å². The lowest BCUT2D eigenvalue weighted by Crippen LogP contribution is -2.38. The number of benzene rings is 2. The van der Waals surface area contributed by atoms with Crippen LogP contribution in [0.2, 0.25) is 0 Å². The molecule has 4 N–H and O–H groups in total. The molecule has 0 saturated heterocycles. The number of aliphatic hydroxyl groups excluding tert-OH is 2. The molecule has 2 aliphatic rings. The molecule has 34 heavy (non-hydrogen) atoms. The molecule has 0 aliphatic heterocycles. The van der Waals surface area contributed by atoms with Crippen LogP contribution in [-0.2, 0) is 5.41 Å². The molecule has 0 radical (unpaired) electrons. The fraction of sp³-hybridized carbons (Fsp3) is 0.600. The first-order valence-corrected chi connectivity index (χ1v) is 12.9. The van der Waals surface area contributed by atoms with Gasteiger partial charge in [0.25, 0.3) is 0 Å². The number of aliphatic hydroxyl groups is 2. The fourth-order valence-electron chi connectivity index (χ4n) is 5.90. The van der Waals surface area contributed by atoms with Gasteiger partial charge in [-0.3, -0.25) is 0 Å². The van der Waals surface area contributed by atoms with E-state index in [-0.39, 0.29) is 29.1 Å². The van der Waals surface area contributed by atoms with Crippen molar-refractivity contribution in [3.05, 3.63) is 59.7 Å². The number of hydrogen-bond acceptors (Lipinski definition) is 4. The number of hydrogen-bond donors (Lipinski definition) is 4. The van der Waals surface area contributed by atoms with Crippen molar-refractivity contribution in [2.75, 3.05) is 0 Å². The Kier molecular flexibility index (Phi) is 8.70. The number of rotatable bonds is 4. The Hall–Kier alpha value is -2.04. The molecular weight excluding hydrogens is 424 g/mol. The lowest BCUT2D eigenvalue weighted by atomic mass is 9.60. The van der Waals surface area contributed by atoms with E-state index in [0.717, 1.165) is 48.6 Å². The van der Waals surface area contributed by atoms with Crippen LogP contribution in [0.1, 0.15) is 90.2 Å². The van der Waals surface area contributed by atoms with E-state index in [1.807, 2.05) is 24.3 Å². The van der Waals surface area contributed by atoms with E-state index in [2.05, 4.69) is 27.7 Å². The molecule has 2 fully saturated rings. The topological polar surface area (TPSA) is 80.9 Å². The summed E-state index contributed by atoms with van der Waals surface area (Å²) in [5, 5.41) is 37.8. The van der Waals surface area contributed by atoms with Gasteiger partial charge in [0.2, 0.25) is 0 Å². The van der Waals surface area contributed by atoms with Crippen LogP contribution < -0.4 is 0 Å². The molecule has 0 amide bonds. The van der Waals surface area contributed by atoms with Crippen LogP contribution in [0.25, 0.3) is 0 Å². The van der Waals surface area contributed by atoms with Gasteiger partial charge in [0.1, 0.15) is 11.5 Å². The molecule has 0 heterocycles. The highest BCUT2D eigenvalue weighted by Crippen LogP contribution is 2.48. The Morgan fingerprint density at radius 1 is 0.529 bits per heavy atom. The molecule has 2 aromatic rings. The fourth-order valence-corrected chi connectivity index (χ4v) is 5.90. The first-order valence-electron chi connectivity index (χ1n) is 12.9. The van der Waals surface area contributed by atoms with Crippen LogP contribution in [-0.4, -0.2) is 32.6 Å². The monoisotopic (exact) mass is 468 g/mol. The van der Waals surface area contributed by atoms with E-state index in [0.29, 0.717) is 5.41 Å². The molecule has 0 unspecified atom stereocenters. The minimum absolute atomic E-state index is 0.0461. The number of aromatic hydroxyl groups is 2. The zero-order valence-electron chi connectivity index (χ0n) is 21.4. The van der Waals surface area contributed by atoms with E-state index < -0.39 is 0 Å². The molecular formula is C30H44O4. The predicted molar refractivity (Wildman–Crippen MR) is 138 cm³/mol. The van der Waals surface area contributed by atoms with Crippen LogP contribution >= 0.6 is 0 Å². The van der Waals surface area contributed by atoms with Crippen molar-refractivity contribution in [1.82, 2.24) is 0 Å². The largest absolute Gasteiger partial charge is 0.508 e. The van der Waals surface area contributed by atoms with Crippen molar-refractivity contribution in [3.8, 4) is 11.5 Å². The minimum atomic E-state index is -0.151. The van der Waals surface area contributed by atoms with Crippen molar-refractivity contribution in [1.29, 1.82) is 0 Å². The van der Waals surface area contributed by atoms with Crippen LogP contribution in [0.4, 0.5) is 0 Å². The molecule has 0 aromatic heterocycles. The Balaban J connectivity index is 0.000000191. The third-order valence-electron chi connectivity index (χ3n) is 8.68. The maximum absolute atomic E-state index is 9.60. The first kappa shape index (κ1) is 26.6. The second-order valence-corrected chi connectivity index (χ2v) is 11.6. The normalized spacial score (nSPS) is 25.8. The average molecular weight is 469 g/mol. The molecule has 2 saturated carbocycles. The van der Waals surface area contributed by atoms with Gasteiger partial charge in [-0.2, -0.15) is 0 Å². The van der Waals surface area contributed by atoms with Crippen molar-refractivity contribution < 1.29 is 20.4 Å². The maximum atomic E-state index is 9.60. The highest BCUT2D eigenvalue weighted by molar-refractivity contribution is 5.41. The summed E-state index contributed by atoms with van der Waals surface area (Å²) in [4.78, 5) is 0. The van der Waals surface area contributed by atoms with Crippen molar-refractivity contribution >= 4 is 0 Å². The van der Waals surface area contributed by atoms with Crippen LogP contribution in [0.5, 0.6) is 11.5 Å². The third-order valence-corrected chi connectivity index (χ3v) is 8.68. The minimum Gasteiger partial charge on any atom is -0.508 e. The maximum Gasteiger partial charge on any atom is 0.115 e. The average Bonchev–Trinajstić information content (AvgIpc) is 2.81. The quantitative estimate of drug-likeness (QED) is 0.411. The van der Waals surface area contributed by atoms with Gasteiger partial charge < -0.3 is 20.4 Å². The van der Waals surface area contributed by atoms with Crippen molar-refractivity contribution in [3.63, 3.8) is 0 Å². The molecule has 4 rings (SSSR count). The van der Waals surface area contributed by atoms with E-state index in [9.17, 15) is 20.4 Å². The summed E-state index contributed by atoms with van der Waals surface area (Å²) < 4.78 is 0. The Morgan fingerprint density at radius 2 is 0.824 bits per heavy atom. The summed E-state index contributed by atoms with van der Waals surface area (Å²) in [7, 11) is 0. The SMILES string of the molecule is CC(C)(C1CCC(O)CC1)C1CCC(O)CC1.CC(C)(c1ccc(O)cc1)c1ccc(O)cc1. The summed E-state index contributed by atoms with van der Waals surface area (Å²) in [6.45, 7) is 9.06. The summed E-state index contributed by atoms with van der Waals surface area (Å²) in [5.41, 5.74) is 2.49. The summed E-state index contributed by atoms with van der Waals surface area (Å²) in [6, 6.07) is 14.4. The Bertz CT molecular complexity index is 798. The standard InChI is InChI=1S/C15H28O2.C15H16O2/c2*1-15(2,11-3-7-13(16)8-4-11)12-5-9-14(17)10-6-12/h11-14,16-17H,3-10H2,1-2H3;3-10,16-17H,1-2H3. The van der Waals surface area contributed by atoms with Gasteiger partial charge in [0, 0.05) is 5.41 Å². The molecule has 4 nitrogen and oxygen atoms in total. The van der Waals surface area contributed by atoms with Gasteiger partial charge in [-0.05, 0) is 104 Å². The van der Waals surface area contributed by atoms with E-state index >= 15 is 0 Å². The van der Waals surface area contributed by atoms with E-state index in [1.54, 1.807) is 24.3 Å². The Morgan fingerprint density at radius 3 is 1.12 bits per heavy atom. The molecule has 0 atom stereocenters. The molecule has 2 aliphatic carbocycles. The van der Waals surface area contributed by atoms with E-state index in [4.69, 9.17) is 0 Å². The first-order chi connectivity index (χ1) is 16.0. The molecule has 4 heteroatoms. The van der Waals surface area contributed by atoms with Crippen molar-refractivity contribution in [2.24, 2.45) is 17.3 Å². The highest BCUT2D eigenvalue weighted by Gasteiger charge is 2.40. The summed E-state index contributed by atoms with van der Waals surface area (Å²) in [5.74, 6) is 2.09. The van der Waals surface area contributed by atoms with Crippen molar-refractivity contribution in [2.45, 2.75) is 96.7 Å². The second-order valence-electron chi connectivity index (χ2n) is 11.6. The summed E-state index contributed by atoms with van der Waals surface area (Å²) >= 11 is 0. The van der Waals surface area contributed by atoms with E-state index in [1.165, 1.54) is 25.7 Å². The van der Waals surface area contributed by atoms with Crippen LogP contribution in [0.15, 0.2) is 48.5 Å². The molecule has 0 spiro atoms. The van der Waals surface area contributed by atoms with Gasteiger partial charge in [-0.25, -0.2) is 0 Å². The smallest absolute Gasteiger partial charge is 0.115 e. The highest BCUT2D eigenvalue weighted by atomic mass is 16.3. The lowest BCUT2D eigenvalue weighted by molar-refractivity contribution is 0.00233. The van der Waals surface area contributed by atoms with Gasteiger partial charge in [-0.1, -0.05) is 52.0 Å². The van der Waals surface area contributed by atoms with Crippen LogP contribution in [0.3, 0.4) is 0 Å². The summed E-state index contributed by atoms with van der Waals surface area (Å²) in [6.07, 6.45) is 8.62. The van der Waals surface area contributed by atoms with Gasteiger partial charge in [-0.15, -0.1) is 0 Å². The zero-order valence-corrected chi connectivity index (χ0v) is 21.4. The second kappa shape index (κ2) is 11.1. The molecule has 188 valence electrons. The predicted octanol–water partition coefficient (Wildman–Crippen LogP) is 6.54. The number of phenolic OH excluding ortho intramolecular Hbond substituents is 2.